The molecule has 0 aliphatic heterocycles. The third-order valence-electron chi connectivity index (χ3n) is 5.81. The summed E-state index contributed by atoms with van der Waals surface area (Å²) in [6.45, 7) is 6.34. The molecule has 0 fully saturated rings. The van der Waals surface area contributed by atoms with Crippen molar-refractivity contribution in [2.24, 2.45) is 5.92 Å². The molecule has 0 spiro atoms. The number of benzene rings is 2. The predicted octanol–water partition coefficient (Wildman–Crippen LogP) is 5.54. The maximum absolute atomic E-state index is 12.0. The number of aryl methyl sites for hydroxylation is 2. The Bertz CT molecular complexity index is 916. The lowest BCUT2D eigenvalue weighted by Crippen LogP contribution is -2.24. The van der Waals surface area contributed by atoms with Gasteiger partial charge in [0.05, 0.1) is 11.0 Å². The van der Waals surface area contributed by atoms with E-state index in [4.69, 9.17) is 4.98 Å². The lowest BCUT2D eigenvalue weighted by molar-refractivity contribution is -0.121. The number of fused-ring (bicyclic) bond motifs is 1. The normalized spacial score (nSPS) is 12.2. The van der Waals surface area contributed by atoms with Gasteiger partial charge in [0.25, 0.3) is 0 Å². The summed E-state index contributed by atoms with van der Waals surface area (Å²) < 4.78 is 2.41. The number of unbranched alkanes of at least 4 members (excludes halogenated alkanes) is 2. The number of carbonyl (C=O) groups excluding carboxylic acids is 1. The fraction of sp³-hybridized carbons (Fsp3) is 0.462. The van der Waals surface area contributed by atoms with Crippen molar-refractivity contribution in [2.75, 3.05) is 6.54 Å². The van der Waals surface area contributed by atoms with E-state index in [1.54, 1.807) is 0 Å². The number of carbonyl (C=O) groups is 1. The number of aromatic nitrogens is 2. The number of para-hydroxylation sites is 2. The van der Waals surface area contributed by atoms with E-state index in [1.807, 2.05) is 18.2 Å². The van der Waals surface area contributed by atoms with Crippen molar-refractivity contribution in [3.8, 4) is 0 Å². The highest BCUT2D eigenvalue weighted by Crippen LogP contribution is 2.20. The van der Waals surface area contributed by atoms with Crippen molar-refractivity contribution < 1.29 is 4.79 Å². The van der Waals surface area contributed by atoms with Crippen LogP contribution in [0.3, 0.4) is 0 Å². The number of nitrogens with one attached hydrogen (secondary N) is 1. The molecule has 1 heterocycles. The molecule has 4 nitrogen and oxygen atoms in total. The Labute approximate surface area is 180 Å². The molecule has 2 aromatic carbocycles. The van der Waals surface area contributed by atoms with E-state index in [1.165, 1.54) is 23.3 Å². The summed E-state index contributed by atoms with van der Waals surface area (Å²) in [5.74, 6) is 1.99. The first-order valence-corrected chi connectivity index (χ1v) is 11.4. The molecule has 0 aliphatic carbocycles. The Morgan fingerprint density at radius 1 is 1.00 bits per heavy atom. The van der Waals surface area contributed by atoms with Crippen LogP contribution in [-0.4, -0.2) is 22.0 Å². The van der Waals surface area contributed by atoms with E-state index in [-0.39, 0.29) is 5.91 Å². The molecule has 160 valence electrons. The number of rotatable bonds is 12. The van der Waals surface area contributed by atoms with Gasteiger partial charge >= 0.3 is 0 Å². The highest BCUT2D eigenvalue weighted by atomic mass is 16.1. The van der Waals surface area contributed by atoms with Gasteiger partial charge in [0, 0.05) is 25.9 Å². The van der Waals surface area contributed by atoms with Crippen LogP contribution in [0.1, 0.15) is 57.3 Å². The van der Waals surface area contributed by atoms with Crippen molar-refractivity contribution in [1.82, 2.24) is 14.9 Å². The standard InChI is InChI=1S/C26H35N3O/c1-3-21(2)20-29-24-15-10-9-14-23(24)28-25(29)16-8-5-11-19-27-26(30)18-17-22-12-6-4-7-13-22/h4,6-7,9-10,12-15,21H,3,5,8,11,16-20H2,1-2H3,(H,27,30). The highest BCUT2D eigenvalue weighted by Gasteiger charge is 2.12. The van der Waals surface area contributed by atoms with Crippen molar-refractivity contribution in [1.29, 1.82) is 0 Å². The molecular weight excluding hydrogens is 370 g/mol. The first kappa shape index (κ1) is 22.1. The Morgan fingerprint density at radius 3 is 2.57 bits per heavy atom. The third-order valence-corrected chi connectivity index (χ3v) is 5.81. The van der Waals surface area contributed by atoms with E-state index in [2.05, 4.69) is 60.1 Å². The predicted molar refractivity (Wildman–Crippen MR) is 125 cm³/mol. The van der Waals surface area contributed by atoms with E-state index >= 15 is 0 Å². The zero-order valence-electron chi connectivity index (χ0n) is 18.4. The number of hydrogen-bond donors (Lipinski definition) is 1. The second-order valence-corrected chi connectivity index (χ2v) is 8.29. The molecule has 3 aromatic rings. The monoisotopic (exact) mass is 405 g/mol. The summed E-state index contributed by atoms with van der Waals surface area (Å²) in [7, 11) is 0. The fourth-order valence-corrected chi connectivity index (χ4v) is 3.76. The molecule has 0 aliphatic rings. The van der Waals surface area contributed by atoms with Gasteiger partial charge in [0.2, 0.25) is 5.91 Å². The van der Waals surface area contributed by atoms with Crippen molar-refractivity contribution in [3.63, 3.8) is 0 Å². The van der Waals surface area contributed by atoms with Gasteiger partial charge in [0.15, 0.2) is 0 Å². The second kappa shape index (κ2) is 11.5. The maximum atomic E-state index is 12.0. The fourth-order valence-electron chi connectivity index (χ4n) is 3.76. The van der Waals surface area contributed by atoms with E-state index in [9.17, 15) is 4.79 Å². The van der Waals surface area contributed by atoms with Crippen molar-refractivity contribution in [3.05, 3.63) is 66.0 Å². The summed E-state index contributed by atoms with van der Waals surface area (Å²) in [6.07, 6.45) is 6.75. The summed E-state index contributed by atoms with van der Waals surface area (Å²) >= 11 is 0. The van der Waals surface area contributed by atoms with Gasteiger partial charge in [-0.15, -0.1) is 0 Å². The Morgan fingerprint density at radius 2 is 1.77 bits per heavy atom. The van der Waals surface area contributed by atoms with E-state index in [0.717, 1.165) is 50.7 Å². The summed E-state index contributed by atoms with van der Waals surface area (Å²) in [5.41, 5.74) is 3.56. The molecule has 1 amide bonds. The smallest absolute Gasteiger partial charge is 0.220 e. The molecule has 0 radical (unpaired) electrons. The first-order chi connectivity index (χ1) is 14.7. The summed E-state index contributed by atoms with van der Waals surface area (Å²) in [4.78, 5) is 16.9. The van der Waals surface area contributed by atoms with E-state index < -0.39 is 0 Å². The molecule has 1 unspecified atom stereocenters. The van der Waals surface area contributed by atoms with Crippen LogP contribution in [0.25, 0.3) is 11.0 Å². The first-order valence-electron chi connectivity index (χ1n) is 11.4. The summed E-state index contributed by atoms with van der Waals surface area (Å²) in [5, 5.41) is 3.06. The molecule has 1 atom stereocenters. The van der Waals surface area contributed by atoms with Crippen LogP contribution >= 0.6 is 0 Å². The Kier molecular flexibility index (Phi) is 8.49. The van der Waals surface area contributed by atoms with Gasteiger partial charge in [-0.05, 0) is 42.9 Å². The van der Waals surface area contributed by atoms with E-state index in [0.29, 0.717) is 12.3 Å². The third kappa shape index (κ3) is 6.45. The van der Waals surface area contributed by atoms with Gasteiger partial charge < -0.3 is 9.88 Å². The van der Waals surface area contributed by atoms with Gasteiger partial charge in [-0.3, -0.25) is 4.79 Å². The number of nitrogens with zero attached hydrogens (tertiary/aromatic N) is 2. The van der Waals surface area contributed by atoms with Crippen LogP contribution in [0, 0.1) is 5.92 Å². The highest BCUT2D eigenvalue weighted by molar-refractivity contribution is 5.76. The number of imidazole rings is 1. The number of hydrogen-bond acceptors (Lipinski definition) is 2. The molecule has 3 rings (SSSR count). The molecule has 1 aromatic heterocycles. The summed E-state index contributed by atoms with van der Waals surface area (Å²) in [6, 6.07) is 18.6. The van der Waals surface area contributed by atoms with Gasteiger partial charge in [-0.2, -0.15) is 0 Å². The van der Waals surface area contributed by atoms with Crippen molar-refractivity contribution >= 4 is 16.9 Å². The van der Waals surface area contributed by atoms with Crippen LogP contribution < -0.4 is 5.32 Å². The zero-order chi connectivity index (χ0) is 21.2. The minimum atomic E-state index is 0.147. The van der Waals surface area contributed by atoms with Gasteiger partial charge in [0.1, 0.15) is 5.82 Å². The molecule has 1 N–H and O–H groups in total. The van der Waals surface area contributed by atoms with Crippen LogP contribution in [0.15, 0.2) is 54.6 Å². The largest absolute Gasteiger partial charge is 0.356 e. The quantitative estimate of drug-likeness (QED) is 0.402. The Balaban J connectivity index is 1.39. The average molecular weight is 406 g/mol. The zero-order valence-corrected chi connectivity index (χ0v) is 18.4. The number of amides is 1. The molecular formula is C26H35N3O. The Hall–Kier alpha value is -2.62. The minimum absolute atomic E-state index is 0.147. The second-order valence-electron chi connectivity index (χ2n) is 8.29. The van der Waals surface area contributed by atoms with Gasteiger partial charge in [-0.25, -0.2) is 4.98 Å². The molecule has 0 bridgehead atoms. The lowest BCUT2D eigenvalue weighted by Gasteiger charge is -2.14. The minimum Gasteiger partial charge on any atom is -0.356 e. The lowest BCUT2D eigenvalue weighted by atomic mass is 10.1. The van der Waals surface area contributed by atoms with Crippen molar-refractivity contribution in [2.45, 2.75) is 65.3 Å². The SMILES string of the molecule is CCC(C)Cn1c(CCCCCNC(=O)CCc2ccccc2)nc2ccccc21. The molecule has 30 heavy (non-hydrogen) atoms. The molecule has 0 saturated carbocycles. The van der Waals surface area contributed by atoms with Crippen LogP contribution in [0.2, 0.25) is 0 Å². The van der Waals surface area contributed by atoms with Gasteiger partial charge in [-0.1, -0.05) is 69.2 Å². The van der Waals surface area contributed by atoms with Crippen LogP contribution in [0.5, 0.6) is 0 Å². The molecule has 0 saturated heterocycles. The van der Waals surface area contributed by atoms with Crippen LogP contribution in [-0.2, 0) is 24.2 Å². The van der Waals surface area contributed by atoms with Crippen LogP contribution in [0.4, 0.5) is 0 Å². The maximum Gasteiger partial charge on any atom is 0.220 e. The topological polar surface area (TPSA) is 46.9 Å². The average Bonchev–Trinajstić information content (AvgIpc) is 3.12. The molecule has 4 heteroatoms.